The summed E-state index contributed by atoms with van der Waals surface area (Å²) in [6.07, 6.45) is 7.01. The average Bonchev–Trinajstić information content (AvgIpc) is 2.80. The van der Waals surface area contributed by atoms with Crippen LogP contribution >= 0.6 is 0 Å². The summed E-state index contributed by atoms with van der Waals surface area (Å²) in [5, 5.41) is 8.17. The van der Waals surface area contributed by atoms with Crippen LogP contribution in [0.4, 0.5) is 0 Å². The van der Waals surface area contributed by atoms with Crippen molar-refractivity contribution in [2.75, 3.05) is 20.2 Å². The zero-order valence-electron chi connectivity index (χ0n) is 21.2. The highest BCUT2D eigenvalue weighted by Crippen LogP contribution is 2.28. The SMILES string of the molecule is CNC(=O)CNC(=O)[C@@H]1Cc2ccc(cc2)OCCC[C@H](/C=C/C(C)C)[C@@H](CC(C)C)C(=O)N1. The molecule has 0 saturated carbocycles. The number of rotatable bonds is 7. The van der Waals surface area contributed by atoms with Gasteiger partial charge in [0.2, 0.25) is 17.7 Å². The fourth-order valence-electron chi connectivity index (χ4n) is 4.11. The molecule has 3 amide bonds. The summed E-state index contributed by atoms with van der Waals surface area (Å²) in [5.74, 6) is 0.502. The van der Waals surface area contributed by atoms with Crippen LogP contribution in [0.5, 0.6) is 5.75 Å². The molecule has 3 rings (SSSR count). The van der Waals surface area contributed by atoms with E-state index in [-0.39, 0.29) is 36.1 Å². The predicted octanol–water partition coefficient (Wildman–Crippen LogP) is 3.24. The lowest BCUT2D eigenvalue weighted by Crippen LogP contribution is -2.52. The molecule has 7 nitrogen and oxygen atoms in total. The molecule has 188 valence electrons. The molecule has 2 bridgehead atoms. The van der Waals surface area contributed by atoms with Crippen molar-refractivity contribution in [2.45, 2.75) is 59.4 Å². The summed E-state index contributed by atoms with van der Waals surface area (Å²) in [6.45, 7) is 8.92. The van der Waals surface area contributed by atoms with Gasteiger partial charge in [0, 0.05) is 19.4 Å². The van der Waals surface area contributed by atoms with Crippen molar-refractivity contribution >= 4 is 17.7 Å². The molecule has 1 aromatic rings. The summed E-state index contributed by atoms with van der Waals surface area (Å²) in [7, 11) is 1.52. The molecule has 0 saturated heterocycles. The van der Waals surface area contributed by atoms with Crippen molar-refractivity contribution in [3.8, 4) is 5.75 Å². The lowest BCUT2D eigenvalue weighted by atomic mass is 9.81. The molecular weight excluding hydrogens is 430 g/mol. The van der Waals surface area contributed by atoms with E-state index in [1.807, 2.05) is 24.3 Å². The third kappa shape index (κ3) is 9.20. The van der Waals surface area contributed by atoms with Crippen LogP contribution < -0.4 is 20.7 Å². The van der Waals surface area contributed by atoms with Crippen LogP contribution in [0.25, 0.3) is 0 Å². The first-order valence-corrected chi connectivity index (χ1v) is 12.4. The van der Waals surface area contributed by atoms with Gasteiger partial charge in [0.05, 0.1) is 13.2 Å². The number of nitrogens with one attached hydrogen (secondary N) is 3. The zero-order chi connectivity index (χ0) is 25.1. The second kappa shape index (κ2) is 13.8. The molecule has 2 aliphatic rings. The minimum absolute atomic E-state index is 0.0480. The van der Waals surface area contributed by atoms with E-state index in [9.17, 15) is 14.4 Å². The summed E-state index contributed by atoms with van der Waals surface area (Å²) < 4.78 is 5.92. The number of amides is 3. The van der Waals surface area contributed by atoms with Crippen molar-refractivity contribution < 1.29 is 19.1 Å². The Labute approximate surface area is 204 Å². The Hall–Kier alpha value is -2.83. The van der Waals surface area contributed by atoms with E-state index in [4.69, 9.17) is 4.74 Å². The summed E-state index contributed by atoms with van der Waals surface area (Å²) in [6, 6.07) is 6.81. The average molecular weight is 472 g/mol. The van der Waals surface area contributed by atoms with Gasteiger partial charge in [0.1, 0.15) is 11.8 Å². The summed E-state index contributed by atoms with van der Waals surface area (Å²) in [4.78, 5) is 38.2. The van der Waals surface area contributed by atoms with Crippen LogP contribution in [-0.2, 0) is 20.8 Å². The minimum atomic E-state index is -0.781. The predicted molar refractivity (Wildman–Crippen MR) is 134 cm³/mol. The van der Waals surface area contributed by atoms with Gasteiger partial charge in [-0.15, -0.1) is 0 Å². The molecule has 0 spiro atoms. The Morgan fingerprint density at radius 2 is 1.88 bits per heavy atom. The Kier molecular flexibility index (Phi) is 11.1. The van der Waals surface area contributed by atoms with Crippen LogP contribution in [-0.4, -0.2) is 44.0 Å². The van der Waals surface area contributed by atoms with Gasteiger partial charge in [-0.2, -0.15) is 0 Å². The third-order valence-corrected chi connectivity index (χ3v) is 5.97. The highest BCUT2D eigenvalue weighted by molar-refractivity contribution is 5.91. The van der Waals surface area contributed by atoms with Gasteiger partial charge in [-0.05, 0) is 54.7 Å². The Bertz CT molecular complexity index is 833. The molecule has 2 heterocycles. The van der Waals surface area contributed by atoms with Crippen molar-refractivity contribution in [2.24, 2.45) is 23.7 Å². The largest absolute Gasteiger partial charge is 0.494 e. The van der Waals surface area contributed by atoms with Crippen molar-refractivity contribution in [1.82, 2.24) is 16.0 Å². The van der Waals surface area contributed by atoms with Crippen LogP contribution in [0.1, 0.15) is 52.5 Å². The van der Waals surface area contributed by atoms with Crippen LogP contribution in [0.15, 0.2) is 36.4 Å². The first-order chi connectivity index (χ1) is 16.2. The molecular formula is C27H41N3O4. The number of benzene rings is 1. The lowest BCUT2D eigenvalue weighted by Gasteiger charge is -2.28. The number of ether oxygens (including phenoxy) is 1. The van der Waals surface area contributed by atoms with E-state index in [0.29, 0.717) is 24.9 Å². The second-order valence-electron chi connectivity index (χ2n) is 9.82. The van der Waals surface area contributed by atoms with Gasteiger partial charge >= 0.3 is 0 Å². The maximum absolute atomic E-state index is 13.6. The van der Waals surface area contributed by atoms with Crippen LogP contribution in [0.3, 0.4) is 0 Å². The summed E-state index contributed by atoms with van der Waals surface area (Å²) in [5.41, 5.74) is 0.904. The molecule has 1 aromatic carbocycles. The van der Waals surface area contributed by atoms with Crippen LogP contribution in [0.2, 0.25) is 0 Å². The second-order valence-corrected chi connectivity index (χ2v) is 9.82. The quantitative estimate of drug-likeness (QED) is 0.532. The standard InChI is InChI=1S/C27H41N3O4/c1-18(2)8-11-21-7-6-14-34-22-12-9-20(10-13-22)16-24(27(33)29-17-25(31)28-5)30-26(32)23(21)15-19(3)4/h8-13,18-19,21,23-24H,6-7,14-17H2,1-5H3,(H,28,31)(H,29,33)(H,30,32)/b11-8+/t21-,23-,24+/m1/s1. The first-order valence-electron chi connectivity index (χ1n) is 12.4. The number of carbonyl (C=O) groups excluding carboxylic acids is 3. The van der Waals surface area contributed by atoms with E-state index in [1.54, 1.807) is 0 Å². The Balaban J connectivity index is 2.36. The van der Waals surface area contributed by atoms with Gasteiger partial charge in [0.15, 0.2) is 0 Å². The molecule has 3 N–H and O–H groups in total. The molecule has 0 aliphatic carbocycles. The number of hydrogen-bond donors (Lipinski definition) is 3. The highest BCUT2D eigenvalue weighted by Gasteiger charge is 2.31. The highest BCUT2D eigenvalue weighted by atomic mass is 16.5. The Morgan fingerprint density at radius 3 is 2.50 bits per heavy atom. The third-order valence-electron chi connectivity index (χ3n) is 5.97. The van der Waals surface area contributed by atoms with E-state index in [0.717, 1.165) is 30.6 Å². The number of fused-ring (bicyclic) bond motifs is 11. The molecule has 0 aromatic heterocycles. The van der Waals surface area contributed by atoms with Gasteiger partial charge in [-0.3, -0.25) is 14.4 Å². The number of hydrogen-bond acceptors (Lipinski definition) is 4. The van der Waals surface area contributed by atoms with Crippen LogP contribution in [0, 0.1) is 23.7 Å². The fraction of sp³-hybridized carbons (Fsp3) is 0.593. The monoisotopic (exact) mass is 471 g/mol. The summed E-state index contributed by atoms with van der Waals surface area (Å²) >= 11 is 0. The molecule has 0 unspecified atom stereocenters. The van der Waals surface area contributed by atoms with E-state index in [1.165, 1.54) is 7.05 Å². The molecule has 34 heavy (non-hydrogen) atoms. The fourth-order valence-corrected chi connectivity index (χ4v) is 4.11. The normalized spacial score (nSPS) is 21.7. The zero-order valence-corrected chi connectivity index (χ0v) is 21.2. The maximum atomic E-state index is 13.6. The van der Waals surface area contributed by atoms with Crippen molar-refractivity contribution in [3.05, 3.63) is 42.0 Å². The lowest BCUT2D eigenvalue weighted by molar-refractivity contribution is -0.133. The van der Waals surface area contributed by atoms with Crippen molar-refractivity contribution in [1.29, 1.82) is 0 Å². The smallest absolute Gasteiger partial charge is 0.243 e. The van der Waals surface area contributed by atoms with Gasteiger partial charge < -0.3 is 20.7 Å². The topological polar surface area (TPSA) is 96.5 Å². The van der Waals surface area contributed by atoms with E-state index >= 15 is 0 Å². The molecule has 0 fully saturated rings. The van der Waals surface area contributed by atoms with Gasteiger partial charge in [-0.1, -0.05) is 52.0 Å². The molecule has 3 atom stereocenters. The molecule has 2 aliphatic heterocycles. The number of likely N-dealkylation sites (N-methyl/N-ethyl adjacent to an activating group) is 1. The van der Waals surface area contributed by atoms with Crippen molar-refractivity contribution in [3.63, 3.8) is 0 Å². The number of carbonyl (C=O) groups is 3. The Morgan fingerprint density at radius 1 is 1.18 bits per heavy atom. The maximum Gasteiger partial charge on any atom is 0.243 e. The number of allylic oxidation sites excluding steroid dienone is 2. The minimum Gasteiger partial charge on any atom is -0.494 e. The van der Waals surface area contributed by atoms with Gasteiger partial charge in [-0.25, -0.2) is 0 Å². The molecule has 0 radical (unpaired) electrons. The van der Waals surface area contributed by atoms with E-state index in [2.05, 4.69) is 55.8 Å². The molecule has 7 heteroatoms. The van der Waals surface area contributed by atoms with E-state index < -0.39 is 6.04 Å². The van der Waals surface area contributed by atoms with Gasteiger partial charge in [0.25, 0.3) is 0 Å². The first kappa shape index (κ1) is 27.4.